The molecular formula is C14H28O4Si. The number of hydrogen-bond acceptors (Lipinski definition) is 4. The minimum atomic E-state index is -2.92. The summed E-state index contributed by atoms with van der Waals surface area (Å²) in [6.07, 6.45) is 12.5. The van der Waals surface area contributed by atoms with Gasteiger partial charge in [0.1, 0.15) is 0 Å². The summed E-state index contributed by atoms with van der Waals surface area (Å²) in [7, 11) is 0.390. The summed E-state index contributed by atoms with van der Waals surface area (Å²) in [6, 6.07) is 0. The lowest BCUT2D eigenvalue weighted by Crippen LogP contribution is -2.52. The molecule has 2 rings (SSSR count). The molecule has 0 N–H and O–H groups in total. The Balaban J connectivity index is 1.90. The van der Waals surface area contributed by atoms with E-state index in [9.17, 15) is 0 Å². The zero-order chi connectivity index (χ0) is 13.6. The summed E-state index contributed by atoms with van der Waals surface area (Å²) in [5, 5.41) is 0. The Morgan fingerprint density at radius 2 is 1.00 bits per heavy atom. The van der Waals surface area contributed by atoms with E-state index in [1.54, 1.807) is 14.2 Å². The van der Waals surface area contributed by atoms with E-state index in [0.717, 1.165) is 25.7 Å². The fraction of sp³-hybridized carbons (Fsp3) is 1.00. The first-order valence-electron chi connectivity index (χ1n) is 7.74. The quantitative estimate of drug-likeness (QED) is 0.702. The molecule has 0 heterocycles. The number of hydrogen-bond donors (Lipinski definition) is 0. The molecule has 19 heavy (non-hydrogen) atoms. The van der Waals surface area contributed by atoms with Gasteiger partial charge < -0.3 is 17.7 Å². The van der Waals surface area contributed by atoms with Crippen molar-refractivity contribution < 1.29 is 17.7 Å². The van der Waals surface area contributed by atoms with Crippen molar-refractivity contribution in [2.75, 3.05) is 14.2 Å². The molecule has 0 aromatic carbocycles. The second-order valence-corrected chi connectivity index (χ2v) is 7.95. The lowest BCUT2D eigenvalue weighted by molar-refractivity contribution is -0.0678. The van der Waals surface area contributed by atoms with Crippen molar-refractivity contribution in [3.05, 3.63) is 0 Å². The molecule has 2 aliphatic rings. The van der Waals surface area contributed by atoms with E-state index in [1.807, 2.05) is 0 Å². The van der Waals surface area contributed by atoms with Crippen LogP contribution in [0, 0.1) is 0 Å². The average molecular weight is 288 g/mol. The highest BCUT2D eigenvalue weighted by Gasteiger charge is 2.48. The van der Waals surface area contributed by atoms with Crippen molar-refractivity contribution in [1.29, 1.82) is 0 Å². The smallest absolute Gasteiger partial charge is 0.355 e. The van der Waals surface area contributed by atoms with Gasteiger partial charge in [0, 0.05) is 14.2 Å². The fourth-order valence-electron chi connectivity index (χ4n) is 3.08. The molecule has 0 bridgehead atoms. The SMILES string of the molecule is CO[Si](OC)(OC1CCCCC1)OC1CCCCC1. The highest BCUT2D eigenvalue weighted by molar-refractivity contribution is 6.53. The van der Waals surface area contributed by atoms with Gasteiger partial charge in [0.25, 0.3) is 0 Å². The van der Waals surface area contributed by atoms with Crippen LogP contribution < -0.4 is 0 Å². The van der Waals surface area contributed by atoms with E-state index in [2.05, 4.69) is 0 Å². The van der Waals surface area contributed by atoms with Crippen molar-refractivity contribution in [3.63, 3.8) is 0 Å². The zero-order valence-corrected chi connectivity index (χ0v) is 13.4. The van der Waals surface area contributed by atoms with Crippen molar-refractivity contribution in [2.24, 2.45) is 0 Å². The van der Waals surface area contributed by atoms with Gasteiger partial charge in [0.05, 0.1) is 12.2 Å². The van der Waals surface area contributed by atoms with E-state index in [4.69, 9.17) is 17.7 Å². The van der Waals surface area contributed by atoms with E-state index in [0.29, 0.717) is 0 Å². The Labute approximate surface area is 118 Å². The van der Waals surface area contributed by atoms with Crippen molar-refractivity contribution in [3.8, 4) is 0 Å². The van der Waals surface area contributed by atoms with E-state index in [1.165, 1.54) is 38.5 Å². The predicted octanol–water partition coefficient (Wildman–Crippen LogP) is 3.41. The minimum Gasteiger partial charge on any atom is -0.355 e. The molecule has 112 valence electrons. The fourth-order valence-corrected chi connectivity index (χ4v) is 4.97. The van der Waals surface area contributed by atoms with Crippen molar-refractivity contribution >= 4 is 9.05 Å². The molecule has 0 saturated heterocycles. The van der Waals surface area contributed by atoms with Crippen LogP contribution in [0.2, 0.25) is 0 Å². The first-order chi connectivity index (χ1) is 9.28. The third-order valence-corrected chi connectivity index (χ3v) is 6.47. The molecule has 0 aliphatic heterocycles. The maximum Gasteiger partial charge on any atom is 0.679 e. The second kappa shape index (κ2) is 7.74. The zero-order valence-electron chi connectivity index (χ0n) is 12.4. The summed E-state index contributed by atoms with van der Waals surface area (Å²) in [5.74, 6) is 0. The third kappa shape index (κ3) is 4.53. The molecule has 0 radical (unpaired) electrons. The highest BCUT2D eigenvalue weighted by Crippen LogP contribution is 2.28. The van der Waals surface area contributed by atoms with Gasteiger partial charge in [0.2, 0.25) is 0 Å². The molecule has 4 nitrogen and oxygen atoms in total. The monoisotopic (exact) mass is 288 g/mol. The van der Waals surface area contributed by atoms with Crippen LogP contribution in [-0.2, 0) is 17.7 Å². The lowest BCUT2D eigenvalue weighted by atomic mass is 9.98. The molecule has 2 aliphatic carbocycles. The average Bonchev–Trinajstić information content (AvgIpc) is 2.48. The molecule has 0 spiro atoms. The lowest BCUT2D eigenvalue weighted by Gasteiger charge is -2.35. The third-order valence-electron chi connectivity index (χ3n) is 4.23. The van der Waals surface area contributed by atoms with Crippen LogP contribution >= 0.6 is 0 Å². The van der Waals surface area contributed by atoms with Gasteiger partial charge in [-0.05, 0) is 25.7 Å². The minimum absolute atomic E-state index is 0.254. The van der Waals surface area contributed by atoms with E-state index in [-0.39, 0.29) is 12.2 Å². The van der Waals surface area contributed by atoms with Crippen LogP contribution in [0.4, 0.5) is 0 Å². The molecule has 0 aromatic heterocycles. The van der Waals surface area contributed by atoms with Crippen LogP contribution in [-0.4, -0.2) is 35.5 Å². The first kappa shape index (κ1) is 15.4. The largest absolute Gasteiger partial charge is 0.679 e. The van der Waals surface area contributed by atoms with Gasteiger partial charge in [-0.25, -0.2) is 0 Å². The van der Waals surface area contributed by atoms with E-state index < -0.39 is 9.05 Å². The molecule has 2 fully saturated rings. The standard InChI is InChI=1S/C14H28O4Si/c1-15-19(16-2,17-13-9-5-3-6-10-13)18-14-11-7-4-8-12-14/h13-14H,3-12H2,1-2H3. The van der Waals surface area contributed by atoms with Gasteiger partial charge >= 0.3 is 9.05 Å². The highest BCUT2D eigenvalue weighted by atomic mass is 28.4. The first-order valence-corrected chi connectivity index (χ1v) is 9.37. The molecule has 5 heteroatoms. The Morgan fingerprint density at radius 1 is 0.632 bits per heavy atom. The predicted molar refractivity (Wildman–Crippen MR) is 75.7 cm³/mol. The van der Waals surface area contributed by atoms with Crippen LogP contribution in [0.5, 0.6) is 0 Å². The van der Waals surface area contributed by atoms with Crippen molar-refractivity contribution in [1.82, 2.24) is 0 Å². The topological polar surface area (TPSA) is 36.9 Å². The second-order valence-electron chi connectivity index (χ2n) is 5.66. The maximum atomic E-state index is 6.15. The summed E-state index contributed by atoms with van der Waals surface area (Å²) >= 11 is 0. The Morgan fingerprint density at radius 3 is 1.32 bits per heavy atom. The van der Waals surface area contributed by atoms with Crippen LogP contribution in [0.25, 0.3) is 0 Å². The Kier molecular flexibility index (Phi) is 6.29. The molecule has 0 amide bonds. The van der Waals surface area contributed by atoms with Gasteiger partial charge in [-0.3, -0.25) is 0 Å². The molecule has 0 unspecified atom stereocenters. The molecule has 0 atom stereocenters. The Hall–Kier alpha value is 0.0569. The number of rotatable bonds is 6. The summed E-state index contributed by atoms with van der Waals surface area (Å²) in [5.41, 5.74) is 0. The van der Waals surface area contributed by atoms with Crippen LogP contribution in [0.15, 0.2) is 0 Å². The van der Waals surface area contributed by atoms with Gasteiger partial charge in [-0.2, -0.15) is 0 Å². The molecular weight excluding hydrogens is 260 g/mol. The van der Waals surface area contributed by atoms with Crippen molar-refractivity contribution in [2.45, 2.75) is 76.4 Å². The van der Waals surface area contributed by atoms with Gasteiger partial charge in [-0.1, -0.05) is 38.5 Å². The van der Waals surface area contributed by atoms with E-state index >= 15 is 0 Å². The molecule has 2 saturated carbocycles. The van der Waals surface area contributed by atoms with Gasteiger partial charge in [-0.15, -0.1) is 0 Å². The summed E-state index contributed by atoms with van der Waals surface area (Å²) < 4.78 is 23.4. The summed E-state index contributed by atoms with van der Waals surface area (Å²) in [6.45, 7) is 0. The Bertz CT molecular complexity index is 224. The van der Waals surface area contributed by atoms with Crippen LogP contribution in [0.1, 0.15) is 64.2 Å². The maximum absolute atomic E-state index is 6.15. The normalized spacial score (nSPS) is 23.7. The summed E-state index contributed by atoms with van der Waals surface area (Å²) in [4.78, 5) is 0. The van der Waals surface area contributed by atoms with Gasteiger partial charge in [0.15, 0.2) is 0 Å². The molecule has 0 aromatic rings. The van der Waals surface area contributed by atoms with Crippen LogP contribution in [0.3, 0.4) is 0 Å².